The number of thioether (sulfide) groups is 1. The van der Waals surface area contributed by atoms with Gasteiger partial charge in [-0.05, 0) is 35.6 Å². The molecule has 152 valence electrons. The largest absolute Gasteiger partial charge is 0.283 e. The van der Waals surface area contributed by atoms with Gasteiger partial charge in [0.25, 0.3) is 0 Å². The summed E-state index contributed by atoms with van der Waals surface area (Å²) in [5.74, 6) is -1.55. The van der Waals surface area contributed by atoms with Gasteiger partial charge in [-0.25, -0.2) is 13.8 Å². The number of benzene rings is 3. The summed E-state index contributed by atoms with van der Waals surface area (Å²) in [6, 6.07) is 19.4. The predicted molar refractivity (Wildman–Crippen MR) is 119 cm³/mol. The fraction of sp³-hybridized carbons (Fsp3) is 0.130. The number of amides is 1. The molecule has 30 heavy (non-hydrogen) atoms. The molecule has 1 aromatic heterocycles. The van der Waals surface area contributed by atoms with Crippen LogP contribution in [0.3, 0.4) is 0 Å². The molecular formula is C23H18F2N2OS2. The second-order valence-corrected chi connectivity index (χ2v) is 8.61. The van der Waals surface area contributed by atoms with E-state index in [9.17, 15) is 13.6 Å². The molecule has 0 aliphatic carbocycles. The number of carbonyl (C=O) groups excluding carboxylic acids is 1. The summed E-state index contributed by atoms with van der Waals surface area (Å²) in [5, 5.41) is 0.351. The van der Waals surface area contributed by atoms with Crippen molar-refractivity contribution in [3.05, 3.63) is 89.5 Å². The van der Waals surface area contributed by atoms with E-state index in [1.54, 1.807) is 16.7 Å². The van der Waals surface area contributed by atoms with Gasteiger partial charge in [-0.3, -0.25) is 9.69 Å². The van der Waals surface area contributed by atoms with E-state index in [1.807, 2.05) is 60.9 Å². The Bertz CT molecular complexity index is 1180. The number of thiazole rings is 1. The Hall–Kier alpha value is -2.77. The first-order valence-electron chi connectivity index (χ1n) is 9.26. The van der Waals surface area contributed by atoms with E-state index in [4.69, 9.17) is 0 Å². The number of rotatable bonds is 6. The number of carbonyl (C=O) groups is 1. The van der Waals surface area contributed by atoms with Crippen LogP contribution in [0.4, 0.5) is 13.9 Å². The number of fused-ring (bicyclic) bond motifs is 1. The third-order valence-corrected chi connectivity index (χ3v) is 6.40. The zero-order chi connectivity index (χ0) is 21.1. The Kier molecular flexibility index (Phi) is 6.11. The maximum absolute atomic E-state index is 14.2. The monoisotopic (exact) mass is 440 g/mol. The molecule has 4 aromatic rings. The van der Waals surface area contributed by atoms with E-state index in [0.29, 0.717) is 16.4 Å². The quantitative estimate of drug-likeness (QED) is 0.341. The minimum Gasteiger partial charge on any atom is -0.283 e. The zero-order valence-electron chi connectivity index (χ0n) is 16.1. The van der Waals surface area contributed by atoms with E-state index in [-0.39, 0.29) is 17.8 Å². The highest BCUT2D eigenvalue weighted by Crippen LogP contribution is 2.32. The average molecular weight is 441 g/mol. The second-order valence-electron chi connectivity index (χ2n) is 6.72. The van der Waals surface area contributed by atoms with Crippen molar-refractivity contribution in [3.8, 4) is 0 Å². The summed E-state index contributed by atoms with van der Waals surface area (Å²) < 4.78 is 28.2. The molecule has 0 unspecified atom stereocenters. The van der Waals surface area contributed by atoms with E-state index < -0.39 is 11.6 Å². The van der Waals surface area contributed by atoms with Gasteiger partial charge >= 0.3 is 0 Å². The van der Waals surface area contributed by atoms with Crippen molar-refractivity contribution in [1.29, 1.82) is 0 Å². The molecule has 3 aromatic carbocycles. The molecule has 0 atom stereocenters. The molecule has 0 spiro atoms. The fourth-order valence-corrected chi connectivity index (χ4v) is 4.53. The molecule has 3 nitrogen and oxygen atoms in total. The molecule has 7 heteroatoms. The van der Waals surface area contributed by atoms with E-state index in [2.05, 4.69) is 4.98 Å². The number of nitrogens with zero attached hydrogens (tertiary/aromatic N) is 2. The van der Waals surface area contributed by atoms with Gasteiger partial charge in [0.05, 0.1) is 17.7 Å². The van der Waals surface area contributed by atoms with Crippen molar-refractivity contribution in [2.24, 2.45) is 0 Å². The molecule has 0 aliphatic rings. The lowest BCUT2D eigenvalue weighted by Gasteiger charge is -2.20. The first kappa shape index (κ1) is 20.5. The van der Waals surface area contributed by atoms with Gasteiger partial charge in [0, 0.05) is 11.0 Å². The zero-order valence-corrected chi connectivity index (χ0v) is 17.8. The van der Waals surface area contributed by atoms with Crippen LogP contribution in [0.1, 0.15) is 11.1 Å². The normalized spacial score (nSPS) is 11.0. The van der Waals surface area contributed by atoms with Crippen LogP contribution < -0.4 is 4.90 Å². The molecular weight excluding hydrogens is 422 g/mol. The van der Waals surface area contributed by atoms with Crippen molar-refractivity contribution < 1.29 is 13.6 Å². The molecule has 0 N–H and O–H groups in total. The highest BCUT2D eigenvalue weighted by atomic mass is 32.2. The Morgan fingerprint density at radius 2 is 1.77 bits per heavy atom. The van der Waals surface area contributed by atoms with Crippen LogP contribution in [0, 0.1) is 11.6 Å². The van der Waals surface area contributed by atoms with Crippen molar-refractivity contribution >= 4 is 44.4 Å². The standard InChI is InChI=1S/C23H18F2N2OS2/c1-29-18-9-7-15(8-10-18)11-21(28)27(14-16-5-3-2-4-6-16)23-26-22-19(25)12-17(24)13-20(22)30-23/h2-10,12-13H,11,14H2,1H3. The lowest BCUT2D eigenvalue weighted by atomic mass is 10.1. The lowest BCUT2D eigenvalue weighted by molar-refractivity contribution is -0.118. The Balaban J connectivity index is 1.68. The van der Waals surface area contributed by atoms with Gasteiger partial charge in [-0.1, -0.05) is 53.8 Å². The van der Waals surface area contributed by atoms with E-state index in [0.717, 1.165) is 33.4 Å². The highest BCUT2D eigenvalue weighted by molar-refractivity contribution is 7.98. The lowest BCUT2D eigenvalue weighted by Crippen LogP contribution is -2.31. The van der Waals surface area contributed by atoms with E-state index in [1.165, 1.54) is 6.07 Å². The first-order valence-corrected chi connectivity index (χ1v) is 11.3. The number of aromatic nitrogens is 1. The van der Waals surface area contributed by atoms with Gasteiger partial charge in [-0.2, -0.15) is 0 Å². The minimum atomic E-state index is -0.729. The van der Waals surface area contributed by atoms with Crippen LogP contribution in [-0.2, 0) is 17.8 Å². The van der Waals surface area contributed by atoms with Crippen molar-refractivity contribution in [1.82, 2.24) is 4.98 Å². The summed E-state index contributed by atoms with van der Waals surface area (Å²) >= 11 is 2.74. The van der Waals surface area contributed by atoms with Gasteiger partial charge < -0.3 is 0 Å². The third-order valence-electron chi connectivity index (χ3n) is 4.63. The van der Waals surface area contributed by atoms with Crippen molar-refractivity contribution in [2.75, 3.05) is 11.2 Å². The van der Waals surface area contributed by atoms with Gasteiger partial charge in [0.15, 0.2) is 10.9 Å². The molecule has 4 rings (SSSR count). The maximum Gasteiger partial charge on any atom is 0.233 e. The molecule has 0 fully saturated rings. The van der Waals surface area contributed by atoms with Crippen LogP contribution in [0.15, 0.2) is 71.6 Å². The molecule has 0 saturated heterocycles. The average Bonchev–Trinajstić information content (AvgIpc) is 3.17. The number of hydrogen-bond acceptors (Lipinski definition) is 4. The second kappa shape index (κ2) is 8.93. The maximum atomic E-state index is 14.2. The molecule has 0 saturated carbocycles. The number of halogens is 2. The Morgan fingerprint density at radius 1 is 1.03 bits per heavy atom. The predicted octanol–water partition coefficient (Wildman–Crippen LogP) is 6.07. The van der Waals surface area contributed by atoms with Crippen molar-refractivity contribution in [3.63, 3.8) is 0 Å². The van der Waals surface area contributed by atoms with Crippen LogP contribution in [-0.4, -0.2) is 17.1 Å². The molecule has 1 amide bonds. The smallest absolute Gasteiger partial charge is 0.233 e. The summed E-state index contributed by atoms with van der Waals surface area (Å²) in [4.78, 5) is 20.2. The molecule has 1 heterocycles. The summed E-state index contributed by atoms with van der Waals surface area (Å²) in [5.41, 5.74) is 1.88. The van der Waals surface area contributed by atoms with Gasteiger partial charge in [-0.15, -0.1) is 11.8 Å². The van der Waals surface area contributed by atoms with E-state index >= 15 is 0 Å². The molecule has 0 aliphatic heterocycles. The Labute approximate surface area is 181 Å². The SMILES string of the molecule is CSc1ccc(CC(=O)N(Cc2ccccc2)c2nc3c(F)cc(F)cc3s2)cc1. The molecule has 0 bridgehead atoms. The van der Waals surface area contributed by atoms with Crippen LogP contribution in [0.2, 0.25) is 0 Å². The summed E-state index contributed by atoms with van der Waals surface area (Å²) in [6.07, 6.45) is 2.19. The van der Waals surface area contributed by atoms with Crippen molar-refractivity contribution in [2.45, 2.75) is 17.9 Å². The Morgan fingerprint density at radius 3 is 2.47 bits per heavy atom. The number of hydrogen-bond donors (Lipinski definition) is 0. The van der Waals surface area contributed by atoms with Gasteiger partial charge in [0.1, 0.15) is 11.3 Å². The first-order chi connectivity index (χ1) is 14.5. The minimum absolute atomic E-state index is 0.0755. The summed E-state index contributed by atoms with van der Waals surface area (Å²) in [6.45, 7) is 0.298. The fourth-order valence-electron chi connectivity index (χ4n) is 3.10. The van der Waals surface area contributed by atoms with Crippen LogP contribution >= 0.6 is 23.1 Å². The third kappa shape index (κ3) is 4.52. The number of anilines is 1. The topological polar surface area (TPSA) is 33.2 Å². The summed E-state index contributed by atoms with van der Waals surface area (Å²) in [7, 11) is 0. The van der Waals surface area contributed by atoms with Crippen LogP contribution in [0.25, 0.3) is 10.2 Å². The molecule has 0 radical (unpaired) electrons. The van der Waals surface area contributed by atoms with Crippen LogP contribution in [0.5, 0.6) is 0 Å². The van der Waals surface area contributed by atoms with Gasteiger partial charge in [0.2, 0.25) is 5.91 Å². The highest BCUT2D eigenvalue weighted by Gasteiger charge is 2.22.